The minimum absolute atomic E-state index is 0.0492. The lowest BCUT2D eigenvalue weighted by Gasteiger charge is -2.18. The molecule has 0 aliphatic carbocycles. The maximum absolute atomic E-state index is 11.9. The van der Waals surface area contributed by atoms with Crippen molar-refractivity contribution in [2.45, 2.75) is 25.8 Å². The smallest absolute Gasteiger partial charge is 0.260 e. The Bertz CT molecular complexity index is 457. The number of amides is 1. The summed E-state index contributed by atoms with van der Waals surface area (Å²) in [5, 5.41) is 0. The standard InChI is InChI=1S/C14H19BrN2O2/c1-10(16)12-5-4-11(15)8-13(12)19-9-14(18)17-6-2-3-7-17/h4-5,8,10H,2-3,6-7,9,16H2,1H3/t10-/m1/s1. The molecule has 1 heterocycles. The van der Waals surface area contributed by atoms with Gasteiger partial charge in [-0.15, -0.1) is 0 Å². The molecule has 2 rings (SSSR count). The molecule has 1 aromatic rings. The summed E-state index contributed by atoms with van der Waals surface area (Å²) in [4.78, 5) is 13.8. The van der Waals surface area contributed by atoms with Crippen LogP contribution < -0.4 is 10.5 Å². The van der Waals surface area contributed by atoms with Gasteiger partial charge in [-0.25, -0.2) is 0 Å². The molecule has 0 unspecified atom stereocenters. The van der Waals surface area contributed by atoms with Crippen molar-refractivity contribution < 1.29 is 9.53 Å². The van der Waals surface area contributed by atoms with Gasteiger partial charge in [0, 0.05) is 29.2 Å². The van der Waals surface area contributed by atoms with E-state index in [0.29, 0.717) is 5.75 Å². The maximum Gasteiger partial charge on any atom is 0.260 e. The lowest BCUT2D eigenvalue weighted by Crippen LogP contribution is -2.32. The Kier molecular flexibility index (Phi) is 4.82. The normalized spacial score (nSPS) is 16.5. The number of rotatable bonds is 4. The number of hydrogen-bond donors (Lipinski definition) is 1. The summed E-state index contributed by atoms with van der Waals surface area (Å²) in [6.45, 7) is 3.68. The molecule has 1 saturated heterocycles. The molecule has 1 aliphatic heterocycles. The summed E-state index contributed by atoms with van der Waals surface area (Å²) in [5.74, 6) is 0.727. The van der Waals surface area contributed by atoms with Gasteiger partial charge in [-0.1, -0.05) is 22.0 Å². The third-order valence-electron chi connectivity index (χ3n) is 3.28. The average molecular weight is 327 g/mol. The third-order valence-corrected chi connectivity index (χ3v) is 3.77. The van der Waals surface area contributed by atoms with Crippen LogP contribution in [0.2, 0.25) is 0 Å². The highest BCUT2D eigenvalue weighted by molar-refractivity contribution is 9.10. The van der Waals surface area contributed by atoms with Gasteiger partial charge in [0.05, 0.1) is 0 Å². The molecule has 1 fully saturated rings. The molecule has 2 N–H and O–H groups in total. The van der Waals surface area contributed by atoms with Crippen molar-refractivity contribution >= 4 is 21.8 Å². The third kappa shape index (κ3) is 3.70. The predicted octanol–water partition coefficient (Wildman–Crippen LogP) is 2.47. The second-order valence-electron chi connectivity index (χ2n) is 4.85. The fourth-order valence-corrected chi connectivity index (χ4v) is 2.55. The molecule has 104 valence electrons. The van der Waals surface area contributed by atoms with Crippen molar-refractivity contribution in [3.8, 4) is 5.75 Å². The van der Waals surface area contributed by atoms with Gasteiger partial charge in [-0.05, 0) is 31.9 Å². The van der Waals surface area contributed by atoms with E-state index in [0.717, 1.165) is 36.0 Å². The quantitative estimate of drug-likeness (QED) is 0.924. The Hall–Kier alpha value is -1.07. The summed E-state index contributed by atoms with van der Waals surface area (Å²) < 4.78 is 6.57. The first-order valence-corrected chi connectivity index (χ1v) is 7.33. The van der Waals surface area contributed by atoms with Crippen molar-refractivity contribution in [1.29, 1.82) is 0 Å². The van der Waals surface area contributed by atoms with E-state index in [9.17, 15) is 4.79 Å². The first-order valence-electron chi connectivity index (χ1n) is 6.53. The number of likely N-dealkylation sites (tertiary alicyclic amines) is 1. The molecule has 0 radical (unpaired) electrons. The van der Waals surface area contributed by atoms with E-state index in [4.69, 9.17) is 10.5 Å². The number of carbonyl (C=O) groups is 1. The number of nitrogens with two attached hydrogens (primary N) is 1. The molecule has 0 aromatic heterocycles. The van der Waals surface area contributed by atoms with Crippen molar-refractivity contribution in [3.05, 3.63) is 28.2 Å². The predicted molar refractivity (Wildman–Crippen MR) is 78.1 cm³/mol. The zero-order valence-electron chi connectivity index (χ0n) is 11.1. The number of benzene rings is 1. The van der Waals surface area contributed by atoms with Crippen LogP contribution in [0.3, 0.4) is 0 Å². The van der Waals surface area contributed by atoms with Crippen LogP contribution in [0.15, 0.2) is 22.7 Å². The molecule has 0 spiro atoms. The molecule has 5 heteroatoms. The van der Waals surface area contributed by atoms with E-state index in [-0.39, 0.29) is 18.6 Å². The van der Waals surface area contributed by atoms with Crippen LogP contribution in [0.5, 0.6) is 5.75 Å². The Morgan fingerprint density at radius 1 is 1.47 bits per heavy atom. The average Bonchev–Trinajstić information content (AvgIpc) is 2.89. The molecule has 1 aliphatic rings. The first-order chi connectivity index (χ1) is 9.08. The lowest BCUT2D eigenvalue weighted by molar-refractivity contribution is -0.132. The van der Waals surface area contributed by atoms with Gasteiger partial charge < -0.3 is 15.4 Å². The second kappa shape index (κ2) is 6.39. The number of halogens is 1. The highest BCUT2D eigenvalue weighted by Crippen LogP contribution is 2.27. The van der Waals surface area contributed by atoms with E-state index < -0.39 is 0 Å². The molecule has 1 amide bonds. The SMILES string of the molecule is C[C@@H](N)c1ccc(Br)cc1OCC(=O)N1CCCC1. The van der Waals surface area contributed by atoms with Gasteiger partial charge in [0.1, 0.15) is 5.75 Å². The van der Waals surface area contributed by atoms with Crippen LogP contribution in [0.4, 0.5) is 0 Å². The minimum atomic E-state index is -0.120. The van der Waals surface area contributed by atoms with Gasteiger partial charge in [0.25, 0.3) is 5.91 Å². The van der Waals surface area contributed by atoms with Gasteiger partial charge in [-0.2, -0.15) is 0 Å². The molecular weight excluding hydrogens is 308 g/mol. The first kappa shape index (κ1) is 14.3. The highest BCUT2D eigenvalue weighted by atomic mass is 79.9. The largest absolute Gasteiger partial charge is 0.483 e. The van der Waals surface area contributed by atoms with Crippen molar-refractivity contribution in [3.63, 3.8) is 0 Å². The molecule has 1 atom stereocenters. The van der Waals surface area contributed by atoms with Gasteiger partial charge in [0.15, 0.2) is 6.61 Å². The van der Waals surface area contributed by atoms with Gasteiger partial charge in [-0.3, -0.25) is 4.79 Å². The Labute approximate surface area is 122 Å². The monoisotopic (exact) mass is 326 g/mol. The number of hydrogen-bond acceptors (Lipinski definition) is 3. The Morgan fingerprint density at radius 2 is 2.16 bits per heavy atom. The van der Waals surface area contributed by atoms with E-state index in [1.807, 2.05) is 30.0 Å². The fourth-order valence-electron chi connectivity index (χ4n) is 2.21. The molecule has 4 nitrogen and oxygen atoms in total. The number of ether oxygens (including phenoxy) is 1. The summed E-state index contributed by atoms with van der Waals surface area (Å²) in [6, 6.07) is 5.58. The zero-order chi connectivity index (χ0) is 13.8. The van der Waals surface area contributed by atoms with Crippen molar-refractivity contribution in [2.75, 3.05) is 19.7 Å². The molecule has 0 bridgehead atoms. The lowest BCUT2D eigenvalue weighted by atomic mass is 10.1. The second-order valence-corrected chi connectivity index (χ2v) is 5.76. The summed E-state index contributed by atoms with van der Waals surface area (Å²) in [7, 11) is 0. The van der Waals surface area contributed by atoms with Crippen LogP contribution in [0.1, 0.15) is 31.4 Å². The molecule has 1 aromatic carbocycles. The van der Waals surface area contributed by atoms with Gasteiger partial charge >= 0.3 is 0 Å². The minimum Gasteiger partial charge on any atom is -0.483 e. The van der Waals surface area contributed by atoms with Crippen molar-refractivity contribution in [1.82, 2.24) is 4.90 Å². The van der Waals surface area contributed by atoms with E-state index >= 15 is 0 Å². The molecular formula is C14H19BrN2O2. The summed E-state index contributed by atoms with van der Waals surface area (Å²) in [5.41, 5.74) is 6.82. The Balaban J connectivity index is 2.01. The number of nitrogens with zero attached hydrogens (tertiary/aromatic N) is 1. The van der Waals surface area contributed by atoms with Crippen LogP contribution in [-0.2, 0) is 4.79 Å². The van der Waals surface area contributed by atoms with Crippen LogP contribution in [-0.4, -0.2) is 30.5 Å². The van der Waals surface area contributed by atoms with Crippen LogP contribution in [0, 0.1) is 0 Å². The highest BCUT2D eigenvalue weighted by Gasteiger charge is 2.19. The van der Waals surface area contributed by atoms with Crippen LogP contribution in [0.25, 0.3) is 0 Å². The van der Waals surface area contributed by atoms with Crippen molar-refractivity contribution in [2.24, 2.45) is 5.73 Å². The molecule has 0 saturated carbocycles. The molecule has 19 heavy (non-hydrogen) atoms. The summed E-state index contributed by atoms with van der Waals surface area (Å²) in [6.07, 6.45) is 2.18. The van der Waals surface area contributed by atoms with E-state index in [2.05, 4.69) is 15.9 Å². The van der Waals surface area contributed by atoms with E-state index in [1.165, 1.54) is 0 Å². The van der Waals surface area contributed by atoms with E-state index in [1.54, 1.807) is 0 Å². The summed E-state index contributed by atoms with van der Waals surface area (Å²) >= 11 is 3.40. The topological polar surface area (TPSA) is 55.6 Å². The zero-order valence-corrected chi connectivity index (χ0v) is 12.6. The number of carbonyl (C=O) groups excluding carboxylic acids is 1. The van der Waals surface area contributed by atoms with Crippen LogP contribution >= 0.6 is 15.9 Å². The maximum atomic E-state index is 11.9. The fraction of sp³-hybridized carbons (Fsp3) is 0.500. The van der Waals surface area contributed by atoms with Gasteiger partial charge in [0.2, 0.25) is 0 Å². The Morgan fingerprint density at radius 3 is 2.79 bits per heavy atom.